The van der Waals surface area contributed by atoms with E-state index in [4.69, 9.17) is 17.3 Å². The molecule has 1 aromatic rings. The molecule has 1 rings (SSSR count). The van der Waals surface area contributed by atoms with Gasteiger partial charge in [-0.3, -0.25) is 0 Å². The van der Waals surface area contributed by atoms with Crippen molar-refractivity contribution in [3.8, 4) is 0 Å². The smallest absolute Gasteiger partial charge is 0.0551 e. The lowest BCUT2D eigenvalue weighted by Crippen LogP contribution is -2.07. The van der Waals surface area contributed by atoms with Gasteiger partial charge < -0.3 is 5.73 Å². The SMILES string of the molecule is C=C[C@H](N)c1cccc(Cl)c1Br. The first-order valence-electron chi connectivity index (χ1n) is 3.49. The van der Waals surface area contributed by atoms with Crippen LogP contribution in [0.15, 0.2) is 35.3 Å². The van der Waals surface area contributed by atoms with Crippen LogP contribution in [0, 0.1) is 0 Å². The maximum atomic E-state index is 5.88. The summed E-state index contributed by atoms with van der Waals surface area (Å²) in [5.74, 6) is 0. The van der Waals surface area contributed by atoms with Crippen molar-refractivity contribution < 1.29 is 0 Å². The molecule has 2 N–H and O–H groups in total. The van der Waals surface area contributed by atoms with Gasteiger partial charge in [0.2, 0.25) is 0 Å². The predicted octanol–water partition coefficient (Wildman–Crippen LogP) is 3.29. The van der Waals surface area contributed by atoms with Crippen LogP contribution in [0.4, 0.5) is 0 Å². The average Bonchev–Trinajstić information content (AvgIpc) is 2.08. The van der Waals surface area contributed by atoms with Crippen LogP contribution < -0.4 is 5.73 Å². The van der Waals surface area contributed by atoms with Gasteiger partial charge in [0, 0.05) is 10.5 Å². The van der Waals surface area contributed by atoms with Gasteiger partial charge in [-0.25, -0.2) is 0 Å². The van der Waals surface area contributed by atoms with Crippen LogP contribution in [0.25, 0.3) is 0 Å². The minimum Gasteiger partial charge on any atom is -0.321 e. The van der Waals surface area contributed by atoms with Gasteiger partial charge in [0.05, 0.1) is 5.02 Å². The number of hydrogen-bond acceptors (Lipinski definition) is 1. The fourth-order valence-electron chi connectivity index (χ4n) is 0.905. The van der Waals surface area contributed by atoms with Crippen molar-refractivity contribution >= 4 is 27.5 Å². The van der Waals surface area contributed by atoms with Crippen molar-refractivity contribution in [1.82, 2.24) is 0 Å². The number of nitrogens with two attached hydrogens (primary N) is 1. The molecule has 0 fully saturated rings. The zero-order valence-electron chi connectivity index (χ0n) is 6.43. The van der Waals surface area contributed by atoms with Crippen molar-refractivity contribution in [3.63, 3.8) is 0 Å². The minimum absolute atomic E-state index is 0.168. The zero-order chi connectivity index (χ0) is 9.14. The summed E-state index contributed by atoms with van der Waals surface area (Å²) in [5, 5.41) is 0.671. The second kappa shape index (κ2) is 4.08. The third-order valence-corrected chi connectivity index (χ3v) is 3.02. The van der Waals surface area contributed by atoms with Crippen molar-refractivity contribution in [2.75, 3.05) is 0 Å². The molecule has 0 saturated carbocycles. The second-order valence-corrected chi connectivity index (χ2v) is 3.60. The molecular weight excluding hydrogens is 237 g/mol. The quantitative estimate of drug-likeness (QED) is 0.796. The van der Waals surface area contributed by atoms with Crippen LogP contribution in [0.2, 0.25) is 5.02 Å². The molecule has 0 unspecified atom stereocenters. The summed E-state index contributed by atoms with van der Waals surface area (Å²) < 4.78 is 0.846. The standard InChI is InChI=1S/C9H9BrClN/c1-2-8(12)6-4-3-5-7(11)9(6)10/h2-5,8H,1,12H2/t8-/m0/s1. The van der Waals surface area contributed by atoms with Gasteiger partial charge >= 0.3 is 0 Å². The Bertz CT molecular complexity index is 299. The monoisotopic (exact) mass is 245 g/mol. The first-order valence-corrected chi connectivity index (χ1v) is 4.66. The number of halogens is 2. The Labute approximate surface area is 85.3 Å². The summed E-state index contributed by atoms with van der Waals surface area (Å²) in [6, 6.07) is 5.43. The molecule has 0 aliphatic heterocycles. The Morgan fingerprint density at radius 3 is 2.83 bits per heavy atom. The van der Waals surface area contributed by atoms with Crippen LogP contribution >= 0.6 is 27.5 Å². The van der Waals surface area contributed by atoms with E-state index in [9.17, 15) is 0 Å². The van der Waals surface area contributed by atoms with Gasteiger partial charge in [-0.15, -0.1) is 6.58 Å². The summed E-state index contributed by atoms with van der Waals surface area (Å²) in [6.45, 7) is 3.62. The van der Waals surface area contributed by atoms with E-state index in [0.717, 1.165) is 10.0 Å². The molecule has 0 bridgehead atoms. The average molecular weight is 247 g/mol. The van der Waals surface area contributed by atoms with E-state index < -0.39 is 0 Å². The lowest BCUT2D eigenvalue weighted by atomic mass is 10.1. The number of hydrogen-bond donors (Lipinski definition) is 1. The Balaban J connectivity index is 3.15. The molecule has 0 aliphatic rings. The molecule has 0 heterocycles. The van der Waals surface area contributed by atoms with E-state index >= 15 is 0 Å². The van der Waals surface area contributed by atoms with Crippen molar-refractivity contribution in [2.45, 2.75) is 6.04 Å². The molecule has 0 spiro atoms. The largest absolute Gasteiger partial charge is 0.321 e. The lowest BCUT2D eigenvalue weighted by Gasteiger charge is -2.09. The van der Waals surface area contributed by atoms with Crippen LogP contribution in [-0.2, 0) is 0 Å². The molecule has 12 heavy (non-hydrogen) atoms. The van der Waals surface area contributed by atoms with Gasteiger partial charge in [0.15, 0.2) is 0 Å². The molecular formula is C9H9BrClN. The molecule has 0 radical (unpaired) electrons. The van der Waals surface area contributed by atoms with Gasteiger partial charge in [0.25, 0.3) is 0 Å². The van der Waals surface area contributed by atoms with Crippen molar-refractivity contribution in [3.05, 3.63) is 45.9 Å². The normalized spacial score (nSPS) is 12.6. The minimum atomic E-state index is -0.168. The predicted molar refractivity (Wildman–Crippen MR) is 56.3 cm³/mol. The highest BCUT2D eigenvalue weighted by Gasteiger charge is 2.07. The summed E-state index contributed by atoms with van der Waals surface area (Å²) in [6.07, 6.45) is 1.68. The molecule has 1 atom stereocenters. The molecule has 3 heteroatoms. The lowest BCUT2D eigenvalue weighted by molar-refractivity contribution is 0.908. The number of benzene rings is 1. The van der Waals surface area contributed by atoms with Crippen LogP contribution in [0.3, 0.4) is 0 Å². The Morgan fingerprint density at radius 2 is 2.25 bits per heavy atom. The van der Waals surface area contributed by atoms with E-state index in [1.54, 1.807) is 6.08 Å². The third-order valence-electron chi connectivity index (χ3n) is 1.59. The highest BCUT2D eigenvalue weighted by Crippen LogP contribution is 2.29. The molecule has 0 saturated heterocycles. The topological polar surface area (TPSA) is 26.0 Å². The molecule has 0 aromatic heterocycles. The van der Waals surface area contributed by atoms with Gasteiger partial charge in [-0.1, -0.05) is 29.8 Å². The van der Waals surface area contributed by atoms with Gasteiger partial charge in [-0.2, -0.15) is 0 Å². The summed E-state index contributed by atoms with van der Waals surface area (Å²) in [7, 11) is 0. The van der Waals surface area contributed by atoms with Crippen LogP contribution in [-0.4, -0.2) is 0 Å². The Morgan fingerprint density at radius 1 is 1.58 bits per heavy atom. The highest BCUT2D eigenvalue weighted by molar-refractivity contribution is 9.10. The third kappa shape index (κ3) is 1.89. The maximum Gasteiger partial charge on any atom is 0.0551 e. The summed E-state index contributed by atoms with van der Waals surface area (Å²) >= 11 is 9.24. The Hall–Kier alpha value is -0.310. The van der Waals surface area contributed by atoms with E-state index in [1.165, 1.54) is 0 Å². The van der Waals surface area contributed by atoms with E-state index in [0.29, 0.717) is 5.02 Å². The van der Waals surface area contributed by atoms with Gasteiger partial charge in [0.1, 0.15) is 0 Å². The van der Waals surface area contributed by atoms with E-state index in [1.807, 2.05) is 18.2 Å². The second-order valence-electron chi connectivity index (χ2n) is 2.40. The van der Waals surface area contributed by atoms with Crippen LogP contribution in [0.1, 0.15) is 11.6 Å². The molecule has 0 aliphatic carbocycles. The molecule has 64 valence electrons. The van der Waals surface area contributed by atoms with Crippen molar-refractivity contribution in [1.29, 1.82) is 0 Å². The molecule has 1 nitrogen and oxygen atoms in total. The maximum absolute atomic E-state index is 5.88. The van der Waals surface area contributed by atoms with E-state index in [-0.39, 0.29) is 6.04 Å². The highest BCUT2D eigenvalue weighted by atomic mass is 79.9. The zero-order valence-corrected chi connectivity index (χ0v) is 8.77. The fraction of sp³-hybridized carbons (Fsp3) is 0.111. The van der Waals surface area contributed by atoms with Gasteiger partial charge in [-0.05, 0) is 27.6 Å². The number of rotatable bonds is 2. The Kier molecular flexibility index (Phi) is 3.32. The fourth-order valence-corrected chi connectivity index (χ4v) is 1.62. The summed E-state index contributed by atoms with van der Waals surface area (Å²) in [4.78, 5) is 0. The molecule has 0 amide bonds. The first kappa shape index (κ1) is 9.78. The molecule has 1 aromatic carbocycles. The summed E-state index contributed by atoms with van der Waals surface area (Å²) in [5.41, 5.74) is 6.71. The van der Waals surface area contributed by atoms with Crippen LogP contribution in [0.5, 0.6) is 0 Å². The first-order chi connectivity index (χ1) is 5.66. The van der Waals surface area contributed by atoms with E-state index in [2.05, 4.69) is 22.5 Å². The van der Waals surface area contributed by atoms with Crippen molar-refractivity contribution in [2.24, 2.45) is 5.73 Å².